The number of hydrogen-bond acceptors (Lipinski definition) is 4. The van der Waals surface area contributed by atoms with Crippen molar-refractivity contribution in [3.05, 3.63) is 108 Å². The highest BCUT2D eigenvalue weighted by molar-refractivity contribution is 7.92. The van der Waals surface area contributed by atoms with Crippen molar-refractivity contribution in [1.82, 2.24) is 15.1 Å². The molecule has 0 aliphatic carbocycles. The highest BCUT2D eigenvalue weighted by Gasteiger charge is 2.16. The molecule has 33 heavy (non-hydrogen) atoms. The molecule has 1 amide bonds. The van der Waals surface area contributed by atoms with Gasteiger partial charge in [-0.1, -0.05) is 36.4 Å². The van der Waals surface area contributed by atoms with Crippen molar-refractivity contribution in [2.45, 2.75) is 18.2 Å². The fourth-order valence-electron chi connectivity index (χ4n) is 3.31. The second kappa shape index (κ2) is 9.70. The monoisotopic (exact) mass is 460 g/mol. The number of benzene rings is 3. The number of nitrogens with one attached hydrogen (secondary N) is 2. The lowest BCUT2D eigenvalue weighted by Crippen LogP contribution is -2.25. The number of nitrogens with zero attached hydrogens (tertiary/aromatic N) is 2. The van der Waals surface area contributed by atoms with Crippen molar-refractivity contribution in [2.24, 2.45) is 0 Å². The molecule has 8 heteroatoms. The van der Waals surface area contributed by atoms with Gasteiger partial charge in [0.25, 0.3) is 15.9 Å². The normalized spacial score (nSPS) is 11.2. The molecule has 7 nitrogen and oxygen atoms in total. The number of hydrogen-bond donors (Lipinski definition) is 2. The van der Waals surface area contributed by atoms with Crippen LogP contribution >= 0.6 is 0 Å². The summed E-state index contributed by atoms with van der Waals surface area (Å²) in [7, 11) is -3.74. The third kappa shape index (κ3) is 5.48. The third-order valence-electron chi connectivity index (χ3n) is 5.17. The smallest absolute Gasteiger partial charge is 0.261 e. The van der Waals surface area contributed by atoms with Gasteiger partial charge in [0.1, 0.15) is 0 Å². The summed E-state index contributed by atoms with van der Waals surface area (Å²) in [6, 6.07) is 22.8. The number of aromatic nitrogens is 2. The minimum Gasteiger partial charge on any atom is -0.352 e. The van der Waals surface area contributed by atoms with Crippen molar-refractivity contribution in [2.75, 3.05) is 11.3 Å². The van der Waals surface area contributed by atoms with Gasteiger partial charge >= 0.3 is 0 Å². The van der Waals surface area contributed by atoms with E-state index < -0.39 is 10.0 Å². The molecule has 3 aromatic carbocycles. The summed E-state index contributed by atoms with van der Waals surface area (Å²) in [6.07, 6.45) is 4.34. The van der Waals surface area contributed by atoms with E-state index >= 15 is 0 Å². The standard InChI is InChI=1S/C25H24N4O3S/c1-19-7-5-6-10-24(19)28-33(31,32)23-13-11-21(12-14-23)25(30)26-16-15-20-17-27-29(18-20)22-8-3-2-4-9-22/h2-14,17-18,28H,15-16H2,1H3,(H,26,30). The predicted octanol–water partition coefficient (Wildman–Crippen LogP) is 3.95. The zero-order valence-corrected chi connectivity index (χ0v) is 18.9. The van der Waals surface area contributed by atoms with E-state index in [-0.39, 0.29) is 10.8 Å². The molecule has 0 aliphatic heterocycles. The molecule has 0 unspecified atom stereocenters. The predicted molar refractivity (Wildman–Crippen MR) is 128 cm³/mol. The highest BCUT2D eigenvalue weighted by Crippen LogP contribution is 2.19. The second-order valence-corrected chi connectivity index (χ2v) is 9.26. The van der Waals surface area contributed by atoms with Crippen LogP contribution in [-0.4, -0.2) is 30.7 Å². The fourth-order valence-corrected chi connectivity index (χ4v) is 4.44. The largest absolute Gasteiger partial charge is 0.352 e. The zero-order valence-electron chi connectivity index (χ0n) is 18.1. The van der Waals surface area contributed by atoms with Crippen LogP contribution < -0.4 is 10.0 Å². The summed E-state index contributed by atoms with van der Waals surface area (Å²) in [5.74, 6) is -0.263. The Morgan fingerprint density at radius 3 is 2.36 bits per heavy atom. The van der Waals surface area contributed by atoms with Crippen LogP contribution in [-0.2, 0) is 16.4 Å². The highest BCUT2D eigenvalue weighted by atomic mass is 32.2. The Morgan fingerprint density at radius 2 is 1.64 bits per heavy atom. The first-order chi connectivity index (χ1) is 15.9. The van der Waals surface area contributed by atoms with Gasteiger partial charge < -0.3 is 5.32 Å². The van der Waals surface area contributed by atoms with Crippen molar-refractivity contribution < 1.29 is 13.2 Å². The van der Waals surface area contributed by atoms with Crippen LogP contribution in [0.4, 0.5) is 5.69 Å². The number of amides is 1. The van der Waals surface area contributed by atoms with Crippen molar-refractivity contribution >= 4 is 21.6 Å². The van der Waals surface area contributed by atoms with Gasteiger partial charge in [-0.05, 0) is 66.9 Å². The van der Waals surface area contributed by atoms with Crippen LogP contribution in [0.1, 0.15) is 21.5 Å². The van der Waals surface area contributed by atoms with E-state index in [0.717, 1.165) is 16.8 Å². The van der Waals surface area contributed by atoms with Gasteiger partial charge in [-0.3, -0.25) is 9.52 Å². The van der Waals surface area contributed by atoms with Crippen LogP contribution in [0.5, 0.6) is 0 Å². The van der Waals surface area contributed by atoms with E-state index in [1.807, 2.05) is 55.6 Å². The maximum Gasteiger partial charge on any atom is 0.261 e. The van der Waals surface area contributed by atoms with E-state index in [9.17, 15) is 13.2 Å². The molecule has 0 radical (unpaired) electrons. The SMILES string of the molecule is Cc1ccccc1NS(=O)(=O)c1ccc(C(=O)NCCc2cnn(-c3ccccc3)c2)cc1. The topological polar surface area (TPSA) is 93.1 Å². The average molecular weight is 461 g/mol. The van der Waals surface area contributed by atoms with Gasteiger partial charge in [0.05, 0.1) is 22.5 Å². The first-order valence-electron chi connectivity index (χ1n) is 10.5. The molecule has 0 saturated carbocycles. The molecule has 0 fully saturated rings. The lowest BCUT2D eigenvalue weighted by Gasteiger charge is -2.11. The van der Waals surface area contributed by atoms with Gasteiger partial charge in [-0.2, -0.15) is 5.10 Å². The molecule has 0 saturated heterocycles. The molecule has 168 valence electrons. The van der Waals surface area contributed by atoms with E-state index in [1.54, 1.807) is 23.0 Å². The van der Waals surface area contributed by atoms with E-state index in [2.05, 4.69) is 15.1 Å². The number of carbonyl (C=O) groups excluding carboxylic acids is 1. The van der Waals surface area contributed by atoms with Crippen LogP contribution in [0.15, 0.2) is 96.2 Å². The van der Waals surface area contributed by atoms with Gasteiger partial charge in [-0.25, -0.2) is 13.1 Å². The molecular formula is C25H24N4O3S. The maximum absolute atomic E-state index is 12.6. The Labute approximate surface area is 193 Å². The van der Waals surface area contributed by atoms with E-state index in [0.29, 0.717) is 24.2 Å². The fraction of sp³-hybridized carbons (Fsp3) is 0.120. The maximum atomic E-state index is 12.6. The molecule has 1 heterocycles. The number of rotatable bonds is 8. The van der Waals surface area contributed by atoms with Crippen LogP contribution in [0.3, 0.4) is 0 Å². The number of para-hydroxylation sites is 2. The van der Waals surface area contributed by atoms with Crippen LogP contribution in [0, 0.1) is 6.92 Å². The number of sulfonamides is 1. The molecule has 0 bridgehead atoms. The van der Waals surface area contributed by atoms with Crippen LogP contribution in [0.25, 0.3) is 5.69 Å². The molecule has 1 aromatic heterocycles. The summed E-state index contributed by atoms with van der Waals surface area (Å²) < 4.78 is 29.7. The molecular weight excluding hydrogens is 436 g/mol. The van der Waals surface area contributed by atoms with E-state index in [1.165, 1.54) is 24.3 Å². The van der Waals surface area contributed by atoms with Crippen molar-refractivity contribution in [3.63, 3.8) is 0 Å². The average Bonchev–Trinajstić information content (AvgIpc) is 3.30. The molecule has 0 atom stereocenters. The van der Waals surface area contributed by atoms with Crippen LogP contribution in [0.2, 0.25) is 0 Å². The number of carbonyl (C=O) groups is 1. The Hall–Kier alpha value is -3.91. The first kappa shape index (κ1) is 22.3. The van der Waals surface area contributed by atoms with Gasteiger partial charge in [-0.15, -0.1) is 0 Å². The molecule has 4 aromatic rings. The molecule has 0 aliphatic rings. The minimum absolute atomic E-state index is 0.0932. The summed E-state index contributed by atoms with van der Waals surface area (Å²) in [4.78, 5) is 12.6. The third-order valence-corrected chi connectivity index (χ3v) is 6.55. The quantitative estimate of drug-likeness (QED) is 0.416. The first-order valence-corrected chi connectivity index (χ1v) is 12.0. The number of anilines is 1. The summed E-state index contributed by atoms with van der Waals surface area (Å²) >= 11 is 0. The van der Waals surface area contributed by atoms with Gasteiger partial charge in [0.2, 0.25) is 0 Å². The molecule has 2 N–H and O–H groups in total. The Kier molecular flexibility index (Phi) is 6.55. The Bertz CT molecular complexity index is 1350. The van der Waals surface area contributed by atoms with Crippen molar-refractivity contribution in [1.29, 1.82) is 0 Å². The summed E-state index contributed by atoms with van der Waals surface area (Å²) in [6.45, 7) is 2.27. The zero-order chi connectivity index (χ0) is 23.3. The molecule has 4 rings (SSSR count). The van der Waals surface area contributed by atoms with Gasteiger partial charge in [0, 0.05) is 18.3 Å². The van der Waals surface area contributed by atoms with E-state index in [4.69, 9.17) is 0 Å². The lowest BCUT2D eigenvalue weighted by atomic mass is 10.2. The molecule has 0 spiro atoms. The van der Waals surface area contributed by atoms with Crippen molar-refractivity contribution in [3.8, 4) is 5.69 Å². The second-order valence-electron chi connectivity index (χ2n) is 7.58. The lowest BCUT2D eigenvalue weighted by molar-refractivity contribution is 0.0954. The minimum atomic E-state index is -3.74. The Balaban J connectivity index is 1.33. The summed E-state index contributed by atoms with van der Waals surface area (Å²) in [5, 5.41) is 7.21. The Morgan fingerprint density at radius 1 is 0.939 bits per heavy atom. The van der Waals surface area contributed by atoms with Gasteiger partial charge in [0.15, 0.2) is 0 Å². The number of aryl methyl sites for hydroxylation is 1. The summed E-state index contributed by atoms with van der Waals surface area (Å²) in [5.41, 5.74) is 3.72.